The van der Waals surface area contributed by atoms with Crippen LogP contribution in [0.5, 0.6) is 0 Å². The maximum atomic E-state index is 13.4. The average molecular weight is 484 g/mol. The minimum Gasteiger partial charge on any atom is -0.353 e. The molecule has 3 heterocycles. The Labute approximate surface area is 203 Å². The molecule has 186 valence electrons. The quantitative estimate of drug-likeness (QED) is 0.693. The van der Waals surface area contributed by atoms with Crippen LogP contribution in [0.25, 0.3) is 0 Å². The molecule has 0 unspecified atom stereocenters. The molecule has 1 aromatic carbocycles. The molecule has 2 aromatic rings. The van der Waals surface area contributed by atoms with Crippen molar-refractivity contribution in [1.29, 1.82) is 0 Å². The summed E-state index contributed by atoms with van der Waals surface area (Å²) >= 11 is 0. The van der Waals surface area contributed by atoms with Crippen molar-refractivity contribution in [3.05, 3.63) is 48.2 Å². The van der Waals surface area contributed by atoms with Gasteiger partial charge in [0.1, 0.15) is 0 Å². The first kappa shape index (κ1) is 23.6. The molecule has 0 atom stereocenters. The van der Waals surface area contributed by atoms with Gasteiger partial charge in [-0.05, 0) is 61.4 Å². The fraction of sp³-hybridized carbons (Fsp3) is 0.538. The van der Waals surface area contributed by atoms with Crippen molar-refractivity contribution in [1.82, 2.24) is 15.1 Å². The van der Waals surface area contributed by atoms with Crippen LogP contribution >= 0.6 is 0 Å². The van der Waals surface area contributed by atoms with Crippen molar-refractivity contribution in [2.75, 3.05) is 36.4 Å². The number of likely N-dealkylation sites (tertiary alicyclic amines) is 1. The van der Waals surface area contributed by atoms with Crippen LogP contribution in [0.2, 0.25) is 0 Å². The molecule has 1 saturated carbocycles. The smallest absolute Gasteiger partial charge is 0.248 e. The lowest BCUT2D eigenvalue weighted by molar-refractivity contribution is -0.140. The van der Waals surface area contributed by atoms with E-state index in [0.29, 0.717) is 32.1 Å². The third kappa shape index (κ3) is 5.44. The summed E-state index contributed by atoms with van der Waals surface area (Å²) in [6.07, 6.45) is 3.58. The number of nitrogens with zero attached hydrogens (tertiary/aromatic N) is 4. The minimum atomic E-state index is -2.61. The van der Waals surface area contributed by atoms with Gasteiger partial charge in [-0.1, -0.05) is 12.1 Å². The molecule has 2 saturated heterocycles. The molecule has 1 aromatic heterocycles. The number of piperidine rings is 1. The number of rotatable bonds is 5. The van der Waals surface area contributed by atoms with Crippen molar-refractivity contribution in [2.45, 2.75) is 50.4 Å². The Morgan fingerprint density at radius 3 is 2.26 bits per heavy atom. The van der Waals surface area contributed by atoms with Gasteiger partial charge in [-0.15, -0.1) is 5.10 Å². The summed E-state index contributed by atoms with van der Waals surface area (Å²) in [6, 6.07) is 11.7. The molecule has 3 aliphatic rings. The lowest BCUT2D eigenvalue weighted by Crippen LogP contribution is -2.52. The van der Waals surface area contributed by atoms with Gasteiger partial charge < -0.3 is 15.1 Å². The number of aromatic nitrogens is 2. The minimum absolute atomic E-state index is 0.00480. The van der Waals surface area contributed by atoms with Crippen LogP contribution in [0.1, 0.15) is 50.0 Å². The van der Waals surface area contributed by atoms with Crippen molar-refractivity contribution in [3.8, 4) is 0 Å². The predicted octanol–water partition coefficient (Wildman–Crippen LogP) is 4.08. The van der Waals surface area contributed by atoms with E-state index in [1.807, 2.05) is 46.2 Å². The molecule has 35 heavy (non-hydrogen) atoms. The van der Waals surface area contributed by atoms with Crippen LogP contribution in [0.15, 0.2) is 42.6 Å². The van der Waals surface area contributed by atoms with Crippen molar-refractivity contribution in [2.24, 2.45) is 11.8 Å². The number of nitrogens with one attached hydrogen (secondary N) is 1. The number of alkyl halides is 2. The Hall–Kier alpha value is -3.10. The molecule has 1 N–H and O–H groups in total. The summed E-state index contributed by atoms with van der Waals surface area (Å²) in [5.74, 6) is -1.74. The molecule has 3 fully saturated rings. The van der Waals surface area contributed by atoms with Crippen LogP contribution in [-0.4, -0.2) is 59.0 Å². The van der Waals surface area contributed by atoms with Gasteiger partial charge in [-0.2, -0.15) is 5.10 Å². The highest BCUT2D eigenvalue weighted by Gasteiger charge is 2.39. The first-order chi connectivity index (χ1) is 16.9. The van der Waals surface area contributed by atoms with E-state index in [9.17, 15) is 18.4 Å². The molecule has 0 radical (unpaired) electrons. The first-order valence-electron chi connectivity index (χ1n) is 12.5. The summed E-state index contributed by atoms with van der Waals surface area (Å²) in [5, 5.41) is 10.9. The Morgan fingerprint density at radius 1 is 0.943 bits per heavy atom. The maximum absolute atomic E-state index is 13.4. The Morgan fingerprint density at radius 2 is 1.63 bits per heavy atom. The van der Waals surface area contributed by atoms with Crippen molar-refractivity contribution >= 4 is 23.3 Å². The van der Waals surface area contributed by atoms with Crippen molar-refractivity contribution < 1.29 is 18.4 Å². The van der Waals surface area contributed by atoms with E-state index in [2.05, 4.69) is 15.5 Å². The number of benzene rings is 1. The highest BCUT2D eigenvalue weighted by molar-refractivity contribution is 5.94. The monoisotopic (exact) mass is 483 g/mol. The number of carbonyl (C=O) groups is 2. The second-order valence-corrected chi connectivity index (χ2v) is 10.0. The van der Waals surface area contributed by atoms with Crippen LogP contribution in [0, 0.1) is 11.8 Å². The van der Waals surface area contributed by atoms with Gasteiger partial charge in [0.2, 0.25) is 17.7 Å². The Balaban J connectivity index is 1.07. The first-order valence-corrected chi connectivity index (χ1v) is 12.5. The SMILES string of the molecule is O=C(Nc1ccc(C2CCN(C(=O)C3CCC(F)(F)CC3)CC2)cc1)C1CN(c2cccnn2)C1. The van der Waals surface area contributed by atoms with Crippen molar-refractivity contribution in [3.63, 3.8) is 0 Å². The number of amides is 2. The zero-order valence-electron chi connectivity index (χ0n) is 19.7. The predicted molar refractivity (Wildman–Crippen MR) is 128 cm³/mol. The Bertz CT molecular complexity index is 1030. The van der Waals surface area contributed by atoms with E-state index in [1.54, 1.807) is 6.20 Å². The van der Waals surface area contributed by atoms with Crippen LogP contribution < -0.4 is 10.2 Å². The fourth-order valence-electron chi connectivity index (χ4n) is 5.35. The zero-order valence-corrected chi connectivity index (χ0v) is 19.7. The summed E-state index contributed by atoms with van der Waals surface area (Å²) in [4.78, 5) is 29.2. The molecular formula is C26H31F2N5O2. The van der Waals surface area contributed by atoms with Gasteiger partial charge in [-0.25, -0.2) is 8.78 Å². The molecule has 0 spiro atoms. The number of hydrogen-bond donors (Lipinski definition) is 1. The molecule has 0 bridgehead atoms. The van der Waals surface area contributed by atoms with Gasteiger partial charge in [0.25, 0.3) is 0 Å². The summed E-state index contributed by atoms with van der Waals surface area (Å²) in [5.41, 5.74) is 1.98. The number of halogens is 2. The molecule has 2 aliphatic heterocycles. The zero-order chi connectivity index (χ0) is 24.4. The van der Waals surface area contributed by atoms with Crippen LogP contribution in [0.4, 0.5) is 20.3 Å². The highest BCUT2D eigenvalue weighted by atomic mass is 19.3. The van der Waals surface area contributed by atoms with Gasteiger partial charge in [0.15, 0.2) is 5.82 Å². The standard InChI is InChI=1S/C26H31F2N5O2/c27-26(28)11-7-20(8-12-26)25(35)32-14-9-19(10-15-32)18-3-5-22(6-4-18)30-24(34)21-16-33(17-21)23-2-1-13-29-31-23/h1-6,13,19-21H,7-12,14-17H2,(H,30,34). The van der Waals surface area contributed by atoms with Gasteiger partial charge in [0.05, 0.1) is 5.92 Å². The summed E-state index contributed by atoms with van der Waals surface area (Å²) < 4.78 is 26.8. The van der Waals surface area contributed by atoms with E-state index in [1.165, 1.54) is 5.56 Å². The normalized spacial score (nSPS) is 21.4. The topological polar surface area (TPSA) is 78.4 Å². The molecule has 5 rings (SSSR count). The maximum Gasteiger partial charge on any atom is 0.248 e. The lowest BCUT2D eigenvalue weighted by Gasteiger charge is -2.38. The van der Waals surface area contributed by atoms with Gasteiger partial charge in [0, 0.05) is 56.8 Å². The number of carbonyl (C=O) groups excluding carboxylic acids is 2. The van der Waals surface area contributed by atoms with Gasteiger partial charge >= 0.3 is 0 Å². The summed E-state index contributed by atoms with van der Waals surface area (Å²) in [7, 11) is 0. The van der Waals surface area contributed by atoms with Crippen LogP contribution in [0.3, 0.4) is 0 Å². The lowest BCUT2D eigenvalue weighted by atomic mass is 9.84. The van der Waals surface area contributed by atoms with Gasteiger partial charge in [-0.3, -0.25) is 9.59 Å². The molecule has 2 amide bonds. The average Bonchev–Trinajstić information content (AvgIpc) is 2.84. The third-order valence-electron chi connectivity index (χ3n) is 7.66. The number of hydrogen-bond acceptors (Lipinski definition) is 5. The van der Waals surface area contributed by atoms with E-state index >= 15 is 0 Å². The summed E-state index contributed by atoms with van der Waals surface area (Å²) in [6.45, 7) is 2.59. The van der Waals surface area contributed by atoms with E-state index < -0.39 is 5.92 Å². The van der Waals surface area contributed by atoms with E-state index in [-0.39, 0.29) is 49.3 Å². The molecule has 1 aliphatic carbocycles. The largest absolute Gasteiger partial charge is 0.353 e. The Kier molecular flexibility index (Phi) is 6.67. The van der Waals surface area contributed by atoms with E-state index in [4.69, 9.17) is 0 Å². The molecule has 9 heteroatoms. The van der Waals surface area contributed by atoms with E-state index in [0.717, 1.165) is 24.3 Å². The number of anilines is 2. The second kappa shape index (κ2) is 9.87. The molecule has 7 nitrogen and oxygen atoms in total. The molecular weight excluding hydrogens is 452 g/mol. The second-order valence-electron chi connectivity index (χ2n) is 10.0. The third-order valence-corrected chi connectivity index (χ3v) is 7.66. The fourth-order valence-corrected chi connectivity index (χ4v) is 5.35. The van der Waals surface area contributed by atoms with Crippen LogP contribution in [-0.2, 0) is 9.59 Å². The highest BCUT2D eigenvalue weighted by Crippen LogP contribution is 2.38.